The third-order valence-corrected chi connectivity index (χ3v) is 1.13. The summed E-state index contributed by atoms with van der Waals surface area (Å²) in [5.41, 5.74) is 0. The number of hydrogen-bond acceptors (Lipinski definition) is 3. The number of pyridine rings is 2. The molecule has 2 heterocycles. The Kier molecular flexibility index (Phi) is 8.72. The van der Waals surface area contributed by atoms with Gasteiger partial charge in [0.15, 0.2) is 0 Å². The lowest BCUT2D eigenvalue weighted by Crippen LogP contribution is -1.66. The van der Waals surface area contributed by atoms with Gasteiger partial charge in [0.2, 0.25) is 0 Å². The van der Waals surface area contributed by atoms with Crippen LogP contribution in [-0.4, -0.2) is 24.6 Å². The van der Waals surface area contributed by atoms with E-state index in [1.807, 2.05) is 36.4 Å². The van der Waals surface area contributed by atoms with E-state index in [0.717, 1.165) is 0 Å². The molecule has 0 spiro atoms. The van der Waals surface area contributed by atoms with E-state index in [1.54, 1.807) is 24.8 Å². The average Bonchev–Trinajstić information content (AvgIpc) is 2.32. The molecule has 0 unspecified atom stereocenters. The molecule has 0 saturated carbocycles. The summed E-state index contributed by atoms with van der Waals surface area (Å²) in [6, 6.07) is 11.4. The molecule has 2 aromatic heterocycles. The van der Waals surface area contributed by atoms with Gasteiger partial charge in [0.1, 0.15) is 0 Å². The first-order valence-corrected chi connectivity index (χ1v) is 6.05. The van der Waals surface area contributed by atoms with E-state index in [2.05, 4.69) is 9.97 Å². The second kappa shape index (κ2) is 9.62. The molecule has 0 fully saturated rings. The molecule has 0 amide bonds. The van der Waals surface area contributed by atoms with Crippen LogP contribution >= 0.6 is 7.82 Å². The van der Waals surface area contributed by atoms with Crippen molar-refractivity contribution in [1.29, 1.82) is 0 Å². The molecular weight excluding hydrogens is 243 g/mol. The largest absolute Gasteiger partial charge is 0.466 e. The first-order chi connectivity index (χ1) is 8.00. The minimum Gasteiger partial charge on any atom is -0.303 e. The highest BCUT2D eigenvalue weighted by atomic mass is 31.2. The van der Waals surface area contributed by atoms with Gasteiger partial charge in [-0.2, -0.15) is 0 Å². The molecule has 0 aliphatic rings. The van der Waals surface area contributed by atoms with Gasteiger partial charge in [-0.3, -0.25) is 9.97 Å². The molecule has 0 saturated heterocycles. The molecular formula is C10H13N2O4P. The summed E-state index contributed by atoms with van der Waals surface area (Å²) in [5.74, 6) is 0. The van der Waals surface area contributed by atoms with Crippen LogP contribution in [0.25, 0.3) is 0 Å². The van der Waals surface area contributed by atoms with Gasteiger partial charge >= 0.3 is 7.82 Å². The Labute approximate surface area is 98.9 Å². The van der Waals surface area contributed by atoms with E-state index in [0.29, 0.717) is 0 Å². The molecule has 0 aliphatic heterocycles. The lowest BCUT2D eigenvalue weighted by molar-refractivity contribution is 0.275. The number of rotatable bonds is 0. The predicted octanol–water partition coefficient (Wildman–Crippen LogP) is 1.23. The van der Waals surface area contributed by atoms with Crippen molar-refractivity contribution in [2.45, 2.75) is 0 Å². The lowest BCUT2D eigenvalue weighted by atomic mass is 10.5. The zero-order valence-corrected chi connectivity index (χ0v) is 9.76. The van der Waals surface area contributed by atoms with Crippen molar-refractivity contribution in [2.24, 2.45) is 0 Å². The van der Waals surface area contributed by atoms with Crippen LogP contribution < -0.4 is 0 Å². The lowest BCUT2D eigenvalue weighted by Gasteiger charge is -1.82. The SMILES string of the molecule is O=P(O)(O)O.c1ccncc1.c1ccncc1. The van der Waals surface area contributed by atoms with Gasteiger partial charge in [0, 0.05) is 24.8 Å². The highest BCUT2D eigenvalue weighted by Gasteiger charge is 2.00. The first kappa shape index (κ1) is 15.4. The number of nitrogens with zero attached hydrogens (tertiary/aromatic N) is 2. The van der Waals surface area contributed by atoms with Crippen LogP contribution in [0.2, 0.25) is 0 Å². The first-order valence-electron chi connectivity index (χ1n) is 4.48. The molecule has 92 valence electrons. The second-order valence-corrected chi connectivity index (χ2v) is 3.59. The summed E-state index contributed by atoms with van der Waals surface area (Å²) in [4.78, 5) is 29.1. The maximum Gasteiger partial charge on any atom is 0.466 e. The minimum atomic E-state index is -4.64. The average molecular weight is 256 g/mol. The van der Waals surface area contributed by atoms with E-state index in [9.17, 15) is 0 Å². The molecule has 0 bridgehead atoms. The molecule has 0 aromatic carbocycles. The Balaban J connectivity index is 0.000000228. The van der Waals surface area contributed by atoms with Crippen LogP contribution in [0.15, 0.2) is 61.2 Å². The van der Waals surface area contributed by atoms with E-state index in [-0.39, 0.29) is 0 Å². The predicted molar refractivity (Wildman–Crippen MR) is 62.7 cm³/mol. The third kappa shape index (κ3) is 20.5. The third-order valence-electron chi connectivity index (χ3n) is 1.13. The maximum atomic E-state index is 8.88. The van der Waals surface area contributed by atoms with Crippen LogP contribution in [0, 0.1) is 0 Å². The Morgan fingerprint density at radius 3 is 0.941 bits per heavy atom. The summed E-state index contributed by atoms with van der Waals surface area (Å²) in [6.45, 7) is 0. The molecule has 17 heavy (non-hydrogen) atoms. The van der Waals surface area contributed by atoms with Gasteiger partial charge in [-0.05, 0) is 24.3 Å². The van der Waals surface area contributed by atoms with Gasteiger partial charge in [-0.1, -0.05) is 12.1 Å². The van der Waals surface area contributed by atoms with Crippen molar-refractivity contribution >= 4 is 7.82 Å². The number of phosphoric acid groups is 1. The van der Waals surface area contributed by atoms with E-state index >= 15 is 0 Å². The van der Waals surface area contributed by atoms with Crippen molar-refractivity contribution in [3.05, 3.63) is 61.2 Å². The molecule has 7 heteroatoms. The highest BCUT2D eigenvalue weighted by Crippen LogP contribution is 2.25. The fourth-order valence-corrected chi connectivity index (χ4v) is 0.625. The summed E-state index contributed by atoms with van der Waals surface area (Å²) >= 11 is 0. The van der Waals surface area contributed by atoms with Crippen molar-refractivity contribution < 1.29 is 19.2 Å². The molecule has 0 aliphatic carbocycles. The number of aromatic nitrogens is 2. The molecule has 3 N–H and O–H groups in total. The van der Waals surface area contributed by atoms with E-state index in [4.69, 9.17) is 19.2 Å². The Morgan fingerprint density at radius 1 is 0.647 bits per heavy atom. The molecule has 0 radical (unpaired) electrons. The Hall–Kier alpha value is -1.59. The van der Waals surface area contributed by atoms with Crippen molar-refractivity contribution in [3.63, 3.8) is 0 Å². The molecule has 2 aromatic rings. The summed E-state index contributed by atoms with van der Waals surface area (Å²) in [6.07, 6.45) is 7.00. The van der Waals surface area contributed by atoms with Crippen LogP contribution in [0.5, 0.6) is 0 Å². The van der Waals surface area contributed by atoms with Crippen LogP contribution in [-0.2, 0) is 4.57 Å². The van der Waals surface area contributed by atoms with Crippen molar-refractivity contribution in [1.82, 2.24) is 9.97 Å². The quantitative estimate of drug-likeness (QED) is 0.612. The fraction of sp³-hybridized carbons (Fsp3) is 0. The summed E-state index contributed by atoms with van der Waals surface area (Å²) in [7, 11) is -4.64. The van der Waals surface area contributed by atoms with Gasteiger partial charge in [0.05, 0.1) is 0 Å². The topological polar surface area (TPSA) is 104 Å². The zero-order chi connectivity index (χ0) is 13.0. The van der Waals surface area contributed by atoms with Gasteiger partial charge in [-0.25, -0.2) is 4.57 Å². The van der Waals surface area contributed by atoms with Crippen molar-refractivity contribution in [3.8, 4) is 0 Å². The van der Waals surface area contributed by atoms with E-state index < -0.39 is 7.82 Å². The van der Waals surface area contributed by atoms with Crippen molar-refractivity contribution in [2.75, 3.05) is 0 Å². The Bertz CT molecular complexity index is 314. The van der Waals surface area contributed by atoms with E-state index in [1.165, 1.54) is 0 Å². The minimum absolute atomic E-state index is 1.75. The molecule has 6 nitrogen and oxygen atoms in total. The molecule has 2 rings (SSSR count). The maximum absolute atomic E-state index is 8.88. The number of hydrogen-bond donors (Lipinski definition) is 3. The summed E-state index contributed by atoms with van der Waals surface area (Å²) in [5, 5.41) is 0. The van der Waals surface area contributed by atoms with Crippen LogP contribution in [0.3, 0.4) is 0 Å². The van der Waals surface area contributed by atoms with Gasteiger partial charge in [0.25, 0.3) is 0 Å². The second-order valence-electron chi connectivity index (χ2n) is 2.56. The monoisotopic (exact) mass is 256 g/mol. The Morgan fingerprint density at radius 2 is 0.882 bits per heavy atom. The zero-order valence-electron chi connectivity index (χ0n) is 8.87. The fourth-order valence-electron chi connectivity index (χ4n) is 0.625. The molecule has 0 atom stereocenters. The van der Waals surface area contributed by atoms with Gasteiger partial charge in [-0.15, -0.1) is 0 Å². The van der Waals surface area contributed by atoms with Crippen LogP contribution in [0.1, 0.15) is 0 Å². The van der Waals surface area contributed by atoms with Gasteiger partial charge < -0.3 is 14.7 Å². The van der Waals surface area contributed by atoms with Crippen LogP contribution in [0.4, 0.5) is 0 Å². The highest BCUT2D eigenvalue weighted by molar-refractivity contribution is 7.45. The smallest absolute Gasteiger partial charge is 0.303 e. The standard InChI is InChI=1S/2C5H5N.H3O4P/c2*1-2-4-6-5-3-1;1-5(2,3)4/h2*1-5H;(H3,1,2,3,4). The summed E-state index contributed by atoms with van der Waals surface area (Å²) < 4.78 is 8.88. The normalized spacial score (nSPS) is 9.12.